The van der Waals surface area contributed by atoms with Gasteiger partial charge in [0, 0.05) is 40.2 Å². The molecule has 5 heteroatoms. The van der Waals surface area contributed by atoms with E-state index in [0.717, 1.165) is 52.0 Å². The van der Waals surface area contributed by atoms with E-state index < -0.39 is 0 Å². The topological polar surface area (TPSA) is 31.2 Å². The van der Waals surface area contributed by atoms with Gasteiger partial charge in [-0.3, -0.25) is 0 Å². The van der Waals surface area contributed by atoms with Crippen molar-refractivity contribution >= 4 is 45.8 Å². The lowest BCUT2D eigenvalue weighted by molar-refractivity contribution is -0.674. The molecule has 0 radical (unpaired) electrons. The second kappa shape index (κ2) is 8.80. The van der Waals surface area contributed by atoms with Crippen LogP contribution in [0.1, 0.15) is 25.3 Å². The molecule has 0 amide bonds. The Morgan fingerprint density at radius 3 is 2.52 bits per heavy atom. The summed E-state index contributed by atoms with van der Waals surface area (Å²) in [4.78, 5) is 0. The van der Waals surface area contributed by atoms with Crippen LogP contribution in [-0.2, 0) is 13.1 Å². The van der Waals surface area contributed by atoms with E-state index in [0.29, 0.717) is 0 Å². The predicted molar refractivity (Wildman–Crippen MR) is 136 cm³/mol. The number of hydrogen-bond acceptors (Lipinski definition) is 2. The van der Waals surface area contributed by atoms with Gasteiger partial charge in [-0.25, -0.2) is 0 Å². The number of fused-ring (bicyclic) bond motifs is 2. The lowest BCUT2D eigenvalue weighted by atomic mass is 10.0. The molecule has 3 aromatic carbocycles. The second-order valence-electron chi connectivity index (χ2n) is 7.88. The SMILES string of the molecule is CCn1c(-c2ccc(Cl)cc2)c(/C=C/c2oc3cc(OC)ccc3[n+]2CC)c2ccccc21. The molecule has 4 nitrogen and oxygen atoms in total. The predicted octanol–water partition coefficient (Wildman–Crippen LogP) is 7.21. The number of oxazole rings is 1. The third-order valence-corrected chi connectivity index (χ3v) is 6.34. The highest BCUT2D eigenvalue weighted by molar-refractivity contribution is 6.30. The normalized spacial score (nSPS) is 11.8. The summed E-state index contributed by atoms with van der Waals surface area (Å²) in [6.07, 6.45) is 4.23. The third-order valence-electron chi connectivity index (χ3n) is 6.09. The first-order valence-corrected chi connectivity index (χ1v) is 11.6. The van der Waals surface area contributed by atoms with Gasteiger partial charge >= 0.3 is 5.89 Å². The fourth-order valence-corrected chi connectivity index (χ4v) is 4.69. The third kappa shape index (κ3) is 3.70. The van der Waals surface area contributed by atoms with Gasteiger partial charge in [-0.15, -0.1) is 0 Å². The van der Waals surface area contributed by atoms with Gasteiger partial charge in [0.05, 0.1) is 18.9 Å². The van der Waals surface area contributed by atoms with E-state index in [4.69, 9.17) is 20.8 Å². The number of aromatic nitrogens is 2. The van der Waals surface area contributed by atoms with E-state index in [-0.39, 0.29) is 0 Å². The van der Waals surface area contributed by atoms with Crippen LogP contribution >= 0.6 is 11.6 Å². The summed E-state index contributed by atoms with van der Waals surface area (Å²) in [7, 11) is 1.67. The number of ether oxygens (including phenoxy) is 1. The Labute approximate surface area is 198 Å². The second-order valence-corrected chi connectivity index (χ2v) is 8.32. The quantitative estimate of drug-likeness (QED) is 0.252. The fraction of sp³-hybridized carbons (Fsp3) is 0.179. The molecule has 0 spiro atoms. The van der Waals surface area contributed by atoms with Crippen LogP contribution < -0.4 is 9.30 Å². The molecule has 0 saturated heterocycles. The number of rotatable bonds is 6. The Morgan fingerprint density at radius 1 is 1.00 bits per heavy atom. The highest BCUT2D eigenvalue weighted by Crippen LogP contribution is 2.36. The zero-order valence-electron chi connectivity index (χ0n) is 19.0. The number of nitrogens with zero attached hydrogens (tertiary/aromatic N) is 2. The monoisotopic (exact) mass is 457 g/mol. The molecule has 2 aromatic heterocycles. The lowest BCUT2D eigenvalue weighted by Crippen LogP contribution is -2.33. The van der Waals surface area contributed by atoms with Crippen molar-refractivity contribution in [3.05, 3.63) is 83.2 Å². The minimum Gasteiger partial charge on any atom is -0.497 e. The van der Waals surface area contributed by atoms with E-state index in [1.165, 1.54) is 16.6 Å². The molecule has 0 bridgehead atoms. The number of benzene rings is 3. The molecule has 0 fully saturated rings. The Bertz CT molecular complexity index is 1480. The molecule has 2 heterocycles. The largest absolute Gasteiger partial charge is 0.497 e. The van der Waals surface area contributed by atoms with Crippen molar-refractivity contribution in [2.24, 2.45) is 0 Å². The number of halogens is 1. The van der Waals surface area contributed by atoms with E-state index >= 15 is 0 Å². The Hall–Kier alpha value is -3.50. The highest BCUT2D eigenvalue weighted by Gasteiger charge is 2.21. The van der Waals surface area contributed by atoms with Gasteiger partial charge in [-0.1, -0.05) is 41.9 Å². The smallest absolute Gasteiger partial charge is 0.374 e. The van der Waals surface area contributed by atoms with Crippen molar-refractivity contribution in [3.8, 4) is 17.0 Å². The van der Waals surface area contributed by atoms with Gasteiger partial charge in [-0.2, -0.15) is 4.57 Å². The Morgan fingerprint density at radius 2 is 1.79 bits per heavy atom. The molecule has 0 unspecified atom stereocenters. The van der Waals surface area contributed by atoms with E-state index in [2.05, 4.69) is 71.5 Å². The van der Waals surface area contributed by atoms with E-state index in [9.17, 15) is 0 Å². The average Bonchev–Trinajstić information content (AvgIpc) is 3.37. The van der Waals surface area contributed by atoms with Crippen LogP contribution in [0, 0.1) is 0 Å². The molecule has 0 atom stereocenters. The minimum absolute atomic E-state index is 0.733. The lowest BCUT2D eigenvalue weighted by Gasteiger charge is -2.09. The summed E-state index contributed by atoms with van der Waals surface area (Å²) in [5.74, 6) is 1.59. The van der Waals surface area contributed by atoms with E-state index in [1.54, 1.807) is 7.11 Å². The minimum atomic E-state index is 0.733. The zero-order chi connectivity index (χ0) is 22.9. The van der Waals surface area contributed by atoms with Crippen LogP contribution in [0.15, 0.2) is 71.1 Å². The summed E-state index contributed by atoms with van der Waals surface area (Å²) < 4.78 is 16.1. The molecule has 166 valence electrons. The fourth-order valence-electron chi connectivity index (χ4n) is 4.56. The number of methoxy groups -OCH3 is 1. The molecule has 0 N–H and O–H groups in total. The van der Waals surface area contributed by atoms with Crippen LogP contribution in [0.2, 0.25) is 5.02 Å². The molecule has 33 heavy (non-hydrogen) atoms. The number of aryl methyl sites for hydroxylation is 2. The van der Waals surface area contributed by atoms with Gasteiger partial charge in [0.15, 0.2) is 0 Å². The molecule has 0 aliphatic heterocycles. The summed E-state index contributed by atoms with van der Waals surface area (Å²) in [6, 6.07) is 22.5. The first kappa shape index (κ1) is 21.4. The van der Waals surface area contributed by atoms with Crippen LogP contribution in [0.5, 0.6) is 5.75 Å². The number of para-hydroxylation sites is 1. The van der Waals surface area contributed by atoms with Crippen LogP contribution in [0.25, 0.3) is 45.4 Å². The standard InChI is InChI=1S/C28H26ClN2O2/c1-4-30-25-16-14-21(32-3)18-26(25)33-27(30)17-15-23-22-8-6-7-9-24(22)31(5-2)28(23)19-10-12-20(29)13-11-19/h6-18H,4-5H2,1-3H3/q+1. The van der Waals surface area contributed by atoms with Crippen molar-refractivity contribution in [2.45, 2.75) is 26.9 Å². The molecular formula is C28H26ClN2O2+. The van der Waals surface area contributed by atoms with Crippen molar-refractivity contribution < 1.29 is 13.7 Å². The summed E-state index contributed by atoms with van der Waals surface area (Å²) in [5, 5.41) is 1.94. The maximum absolute atomic E-state index is 6.23. The van der Waals surface area contributed by atoms with Crippen molar-refractivity contribution in [3.63, 3.8) is 0 Å². The molecule has 0 aliphatic carbocycles. The summed E-state index contributed by atoms with van der Waals surface area (Å²) in [5.41, 5.74) is 6.54. The molecule has 0 aliphatic rings. The van der Waals surface area contributed by atoms with Gasteiger partial charge in [-0.05, 0) is 49.8 Å². The van der Waals surface area contributed by atoms with Crippen LogP contribution in [0.4, 0.5) is 0 Å². The molecular weight excluding hydrogens is 432 g/mol. The van der Waals surface area contributed by atoms with E-state index in [1.807, 2.05) is 30.3 Å². The Balaban J connectivity index is 1.71. The van der Waals surface area contributed by atoms with Crippen molar-refractivity contribution in [1.82, 2.24) is 4.57 Å². The average molecular weight is 458 g/mol. The van der Waals surface area contributed by atoms with Gasteiger partial charge in [0.25, 0.3) is 5.52 Å². The van der Waals surface area contributed by atoms with Crippen molar-refractivity contribution in [1.29, 1.82) is 0 Å². The maximum atomic E-state index is 6.23. The highest BCUT2D eigenvalue weighted by atomic mass is 35.5. The molecule has 5 rings (SSSR count). The van der Waals surface area contributed by atoms with Crippen LogP contribution in [-0.4, -0.2) is 11.7 Å². The maximum Gasteiger partial charge on any atom is 0.374 e. The molecule has 0 saturated carbocycles. The van der Waals surface area contributed by atoms with Gasteiger partial charge in [0.1, 0.15) is 12.3 Å². The van der Waals surface area contributed by atoms with Gasteiger partial charge in [0.2, 0.25) is 5.58 Å². The van der Waals surface area contributed by atoms with Crippen molar-refractivity contribution in [2.75, 3.05) is 7.11 Å². The zero-order valence-corrected chi connectivity index (χ0v) is 19.8. The molecule has 5 aromatic rings. The Kier molecular flexibility index (Phi) is 5.69. The number of hydrogen-bond donors (Lipinski definition) is 0. The van der Waals surface area contributed by atoms with Crippen LogP contribution in [0.3, 0.4) is 0 Å². The van der Waals surface area contributed by atoms with Gasteiger partial charge < -0.3 is 13.7 Å². The first-order chi connectivity index (χ1) is 16.1. The summed E-state index contributed by atoms with van der Waals surface area (Å²) in [6.45, 7) is 5.97. The first-order valence-electron chi connectivity index (χ1n) is 11.2. The summed E-state index contributed by atoms with van der Waals surface area (Å²) >= 11 is 6.18.